The number of nitrogens with zero attached hydrogens (tertiary/aromatic N) is 3. The van der Waals surface area contributed by atoms with Crippen molar-refractivity contribution in [2.45, 2.75) is 24.8 Å². The third-order valence-corrected chi connectivity index (χ3v) is 6.08. The number of methoxy groups -OCH3 is 2. The number of ether oxygens (including phenoxy) is 2. The van der Waals surface area contributed by atoms with Crippen LogP contribution in [-0.4, -0.2) is 34.7 Å². The van der Waals surface area contributed by atoms with Crippen LogP contribution in [0, 0.1) is 0 Å². The van der Waals surface area contributed by atoms with Gasteiger partial charge in [0.2, 0.25) is 0 Å². The van der Waals surface area contributed by atoms with E-state index in [1.165, 1.54) is 0 Å². The minimum atomic E-state index is -0.502. The summed E-state index contributed by atoms with van der Waals surface area (Å²) in [4.78, 5) is 23.0. The van der Waals surface area contributed by atoms with Crippen molar-refractivity contribution in [2.24, 2.45) is 7.05 Å². The molecule has 5 rings (SSSR count). The van der Waals surface area contributed by atoms with Crippen LogP contribution in [0.1, 0.15) is 52.2 Å². The number of carbonyl (C=O) groups excluding carboxylic acids is 1. The number of aromatic nitrogens is 3. The first-order valence-corrected chi connectivity index (χ1v) is 11.0. The van der Waals surface area contributed by atoms with Gasteiger partial charge in [-0.05, 0) is 42.7 Å². The van der Waals surface area contributed by atoms with Crippen LogP contribution in [0.4, 0.5) is 0 Å². The van der Waals surface area contributed by atoms with E-state index >= 15 is 0 Å². The highest BCUT2D eigenvalue weighted by molar-refractivity contribution is 6.06. The fraction of sp³-hybridized carbons (Fsp3) is 0.269. The molecule has 1 atom stereocenters. The number of carbonyl (C=O) groups is 1. The third-order valence-electron chi connectivity index (χ3n) is 6.08. The van der Waals surface area contributed by atoms with Gasteiger partial charge in [-0.25, -0.2) is 4.98 Å². The number of hydrogen-bond acceptors (Lipinski definition) is 5. The molecule has 7 heteroatoms. The van der Waals surface area contributed by atoms with Crippen LogP contribution >= 0.6 is 0 Å². The van der Waals surface area contributed by atoms with Crippen LogP contribution in [-0.2, 0) is 7.05 Å². The Morgan fingerprint density at radius 1 is 1.09 bits per heavy atom. The van der Waals surface area contributed by atoms with Gasteiger partial charge in [-0.1, -0.05) is 18.2 Å². The van der Waals surface area contributed by atoms with Crippen LogP contribution in [0.5, 0.6) is 11.5 Å². The smallest absolute Gasteiger partial charge is 0.252 e. The third kappa shape index (κ3) is 4.14. The van der Waals surface area contributed by atoms with Crippen molar-refractivity contribution in [3.05, 3.63) is 83.6 Å². The molecule has 1 aliphatic rings. The van der Waals surface area contributed by atoms with Gasteiger partial charge in [-0.2, -0.15) is 0 Å². The number of benzene rings is 2. The van der Waals surface area contributed by atoms with E-state index in [2.05, 4.69) is 10.3 Å². The lowest BCUT2D eigenvalue weighted by molar-refractivity contribution is 0.0942. The molecule has 1 fully saturated rings. The minimum Gasteiger partial charge on any atom is -0.497 e. The normalized spacial score (nSPS) is 14.2. The maximum absolute atomic E-state index is 13.7. The molecule has 1 saturated carbocycles. The molecule has 4 aromatic rings. The van der Waals surface area contributed by atoms with E-state index in [0.29, 0.717) is 28.8 Å². The van der Waals surface area contributed by atoms with E-state index in [1.54, 1.807) is 26.5 Å². The minimum absolute atomic E-state index is 0.176. The quantitative estimate of drug-likeness (QED) is 0.460. The van der Waals surface area contributed by atoms with Gasteiger partial charge < -0.3 is 19.4 Å². The van der Waals surface area contributed by atoms with Crippen LogP contribution in [0.3, 0.4) is 0 Å². The van der Waals surface area contributed by atoms with E-state index < -0.39 is 6.04 Å². The Labute approximate surface area is 192 Å². The van der Waals surface area contributed by atoms with Gasteiger partial charge >= 0.3 is 0 Å². The molecule has 1 unspecified atom stereocenters. The molecule has 7 nitrogen and oxygen atoms in total. The first-order valence-electron chi connectivity index (χ1n) is 11.0. The molecule has 1 amide bonds. The van der Waals surface area contributed by atoms with Crippen molar-refractivity contribution in [3.63, 3.8) is 0 Å². The first-order chi connectivity index (χ1) is 16.1. The predicted octanol–water partition coefficient (Wildman–Crippen LogP) is 4.38. The van der Waals surface area contributed by atoms with E-state index in [1.807, 2.05) is 60.3 Å². The molecule has 0 saturated heterocycles. The highest BCUT2D eigenvalue weighted by Crippen LogP contribution is 2.40. The van der Waals surface area contributed by atoms with Gasteiger partial charge in [0.1, 0.15) is 23.4 Å². The van der Waals surface area contributed by atoms with Crippen molar-refractivity contribution in [2.75, 3.05) is 14.2 Å². The van der Waals surface area contributed by atoms with E-state index in [4.69, 9.17) is 14.5 Å². The molecule has 0 radical (unpaired) electrons. The zero-order chi connectivity index (χ0) is 22.9. The molecule has 2 aromatic heterocycles. The van der Waals surface area contributed by atoms with Crippen molar-refractivity contribution in [1.82, 2.24) is 19.9 Å². The second-order valence-corrected chi connectivity index (χ2v) is 8.33. The number of fused-ring (bicyclic) bond motifs is 1. The Kier molecular flexibility index (Phi) is 5.46. The van der Waals surface area contributed by atoms with Crippen LogP contribution in [0.15, 0.2) is 60.9 Å². The molecule has 1 aliphatic carbocycles. The molecule has 1 N–H and O–H groups in total. The van der Waals surface area contributed by atoms with Crippen LogP contribution in [0.25, 0.3) is 10.9 Å². The molecule has 2 aromatic carbocycles. The van der Waals surface area contributed by atoms with Crippen molar-refractivity contribution >= 4 is 16.8 Å². The topological polar surface area (TPSA) is 78.3 Å². The number of amides is 1. The van der Waals surface area contributed by atoms with Gasteiger partial charge in [-0.15, -0.1) is 0 Å². The fourth-order valence-corrected chi connectivity index (χ4v) is 4.13. The zero-order valence-corrected chi connectivity index (χ0v) is 18.9. The molecule has 2 heterocycles. The monoisotopic (exact) mass is 442 g/mol. The molecular weight excluding hydrogens is 416 g/mol. The van der Waals surface area contributed by atoms with Gasteiger partial charge in [-0.3, -0.25) is 9.78 Å². The van der Waals surface area contributed by atoms with E-state index in [9.17, 15) is 4.79 Å². The predicted molar refractivity (Wildman–Crippen MR) is 126 cm³/mol. The summed E-state index contributed by atoms with van der Waals surface area (Å²) >= 11 is 0. The Bertz CT molecular complexity index is 1300. The van der Waals surface area contributed by atoms with Crippen LogP contribution in [0.2, 0.25) is 0 Å². The summed E-state index contributed by atoms with van der Waals surface area (Å²) in [5.41, 5.74) is 3.25. The highest BCUT2D eigenvalue weighted by atomic mass is 16.5. The maximum Gasteiger partial charge on any atom is 0.252 e. The van der Waals surface area contributed by atoms with Gasteiger partial charge in [0.25, 0.3) is 5.91 Å². The standard InChI is InChI=1S/C26H26N4O3/c1-30-11-10-27-25(30)24(17-12-18(32-2)14-19(13-17)33-3)29-26(31)21-15-23(16-8-9-16)28-22-7-5-4-6-20(21)22/h4-7,10-16,24H,8-9H2,1-3H3,(H,29,31). The number of pyridine rings is 1. The summed E-state index contributed by atoms with van der Waals surface area (Å²) < 4.78 is 12.8. The summed E-state index contributed by atoms with van der Waals surface area (Å²) in [5.74, 6) is 2.25. The Balaban J connectivity index is 1.59. The summed E-state index contributed by atoms with van der Waals surface area (Å²) in [6.45, 7) is 0. The zero-order valence-electron chi connectivity index (χ0n) is 18.9. The Hall–Kier alpha value is -3.87. The summed E-state index contributed by atoms with van der Waals surface area (Å²) in [7, 11) is 5.12. The molecule has 0 spiro atoms. The van der Waals surface area contributed by atoms with Gasteiger partial charge in [0.05, 0.1) is 25.3 Å². The molecule has 0 bridgehead atoms. The Morgan fingerprint density at radius 2 is 1.82 bits per heavy atom. The number of para-hydroxylation sites is 1. The van der Waals surface area contributed by atoms with E-state index in [-0.39, 0.29) is 5.91 Å². The maximum atomic E-state index is 13.7. The molecule has 168 valence electrons. The number of imidazole rings is 1. The highest BCUT2D eigenvalue weighted by Gasteiger charge is 2.28. The number of hydrogen-bond donors (Lipinski definition) is 1. The van der Waals surface area contributed by atoms with E-state index in [0.717, 1.165) is 35.0 Å². The molecule has 33 heavy (non-hydrogen) atoms. The van der Waals surface area contributed by atoms with Crippen molar-refractivity contribution < 1.29 is 14.3 Å². The average molecular weight is 443 g/mol. The lowest BCUT2D eigenvalue weighted by Gasteiger charge is -2.21. The first kappa shape index (κ1) is 21.0. The molecule has 0 aliphatic heterocycles. The summed E-state index contributed by atoms with van der Waals surface area (Å²) in [5, 5.41) is 4.05. The summed E-state index contributed by atoms with van der Waals surface area (Å²) in [6, 6.07) is 14.8. The largest absolute Gasteiger partial charge is 0.497 e. The lowest BCUT2D eigenvalue weighted by atomic mass is 10.0. The second kappa shape index (κ2) is 8.58. The average Bonchev–Trinajstić information content (AvgIpc) is 3.62. The molecular formula is C26H26N4O3. The summed E-state index contributed by atoms with van der Waals surface area (Å²) in [6.07, 6.45) is 5.82. The number of nitrogens with one attached hydrogen (secondary N) is 1. The van der Waals surface area contributed by atoms with Crippen molar-refractivity contribution in [3.8, 4) is 11.5 Å². The Morgan fingerprint density at radius 3 is 2.45 bits per heavy atom. The van der Waals surface area contributed by atoms with Crippen LogP contribution < -0.4 is 14.8 Å². The van der Waals surface area contributed by atoms with Gasteiger partial charge in [0, 0.05) is 42.5 Å². The lowest BCUT2D eigenvalue weighted by Crippen LogP contribution is -2.31. The van der Waals surface area contributed by atoms with Crippen molar-refractivity contribution in [1.29, 1.82) is 0 Å². The SMILES string of the molecule is COc1cc(OC)cc(C(NC(=O)c2cc(C3CC3)nc3ccccc23)c2nccn2C)c1. The number of aryl methyl sites for hydroxylation is 1. The fourth-order valence-electron chi connectivity index (χ4n) is 4.13. The second-order valence-electron chi connectivity index (χ2n) is 8.33. The number of rotatable bonds is 7. The van der Waals surface area contributed by atoms with Gasteiger partial charge in [0.15, 0.2) is 0 Å².